The maximum Gasteiger partial charge on any atom is 0.325 e. The molecule has 0 aliphatic rings. The van der Waals surface area contributed by atoms with E-state index in [9.17, 15) is 4.79 Å². The minimum atomic E-state index is -0.464. The van der Waals surface area contributed by atoms with Gasteiger partial charge in [0.1, 0.15) is 12.4 Å². The Bertz CT molecular complexity index is 1130. The molecular formula is C21H18ClN5O2. The molecular weight excluding hydrogens is 390 g/mol. The summed E-state index contributed by atoms with van der Waals surface area (Å²) in [7, 11) is 0. The van der Waals surface area contributed by atoms with Crippen LogP contribution in [0.2, 0.25) is 5.02 Å². The largest absolute Gasteiger partial charge is 0.490 e. The summed E-state index contributed by atoms with van der Waals surface area (Å²) in [6.45, 7) is 1.10. The lowest BCUT2D eigenvalue weighted by Crippen LogP contribution is -2.21. The molecule has 2 aromatic heterocycles. The lowest BCUT2D eigenvalue weighted by molar-refractivity contribution is 0.261. The van der Waals surface area contributed by atoms with E-state index >= 15 is 0 Å². The van der Waals surface area contributed by atoms with Gasteiger partial charge in [0.15, 0.2) is 5.82 Å². The molecule has 4 rings (SSSR count). The monoisotopic (exact) mass is 407 g/mol. The first-order valence-electron chi connectivity index (χ1n) is 8.99. The molecule has 29 heavy (non-hydrogen) atoms. The summed E-state index contributed by atoms with van der Waals surface area (Å²) < 4.78 is 8.04. The second-order valence-corrected chi connectivity index (χ2v) is 6.66. The smallest absolute Gasteiger partial charge is 0.325 e. The number of halogens is 1. The molecule has 2 aromatic carbocycles. The summed E-state index contributed by atoms with van der Waals surface area (Å²) >= 11 is 6.09. The van der Waals surface area contributed by atoms with Crippen molar-refractivity contribution in [2.45, 2.75) is 6.54 Å². The van der Waals surface area contributed by atoms with Gasteiger partial charge in [-0.2, -0.15) is 0 Å². The Morgan fingerprint density at radius 3 is 2.86 bits per heavy atom. The minimum Gasteiger partial charge on any atom is -0.490 e. The van der Waals surface area contributed by atoms with Crippen LogP contribution in [0.1, 0.15) is 0 Å². The van der Waals surface area contributed by atoms with Crippen LogP contribution in [-0.4, -0.2) is 27.2 Å². The predicted octanol–water partition coefficient (Wildman–Crippen LogP) is 4.81. The van der Waals surface area contributed by atoms with E-state index in [0.29, 0.717) is 35.4 Å². The van der Waals surface area contributed by atoms with Gasteiger partial charge < -0.3 is 14.6 Å². The van der Waals surface area contributed by atoms with Gasteiger partial charge >= 0.3 is 6.03 Å². The van der Waals surface area contributed by atoms with Gasteiger partial charge in [0.2, 0.25) is 0 Å². The van der Waals surface area contributed by atoms with Crippen molar-refractivity contribution < 1.29 is 9.53 Å². The molecule has 146 valence electrons. The summed E-state index contributed by atoms with van der Waals surface area (Å²) in [5.41, 5.74) is 1.62. The zero-order valence-corrected chi connectivity index (χ0v) is 16.1. The van der Waals surface area contributed by atoms with Crippen molar-refractivity contribution in [3.63, 3.8) is 0 Å². The van der Waals surface area contributed by atoms with E-state index in [1.54, 1.807) is 18.2 Å². The number of urea groups is 1. The van der Waals surface area contributed by atoms with E-state index in [0.717, 1.165) is 5.52 Å². The number of amides is 2. The van der Waals surface area contributed by atoms with Gasteiger partial charge in [-0.3, -0.25) is 10.3 Å². The Hall–Kier alpha value is -3.58. The van der Waals surface area contributed by atoms with Crippen LogP contribution in [0.3, 0.4) is 0 Å². The number of nitrogens with one attached hydrogen (secondary N) is 2. The van der Waals surface area contributed by atoms with Gasteiger partial charge in [-0.25, -0.2) is 9.78 Å². The Morgan fingerprint density at radius 1 is 1.10 bits per heavy atom. The number of hydrogen-bond acceptors (Lipinski definition) is 4. The third-order valence-corrected chi connectivity index (χ3v) is 4.50. The molecule has 0 saturated carbocycles. The van der Waals surface area contributed by atoms with E-state index in [2.05, 4.69) is 43.4 Å². The number of fused-ring (bicyclic) bond motifs is 1. The third-order valence-electron chi connectivity index (χ3n) is 4.26. The van der Waals surface area contributed by atoms with Crippen LogP contribution in [0.4, 0.5) is 16.3 Å². The maximum absolute atomic E-state index is 12.3. The van der Waals surface area contributed by atoms with Crippen molar-refractivity contribution in [1.29, 1.82) is 0 Å². The number of rotatable bonds is 6. The minimum absolute atomic E-state index is 0.342. The highest BCUT2D eigenvalue weighted by Gasteiger charge is 2.10. The summed E-state index contributed by atoms with van der Waals surface area (Å²) in [6, 6.07) is 14.9. The number of aromatic nitrogens is 3. The molecule has 0 unspecified atom stereocenters. The van der Waals surface area contributed by atoms with Gasteiger partial charge in [-0.1, -0.05) is 29.8 Å². The number of carbonyl (C=O) groups is 1. The molecule has 0 radical (unpaired) electrons. The topological polar surface area (TPSA) is 81.1 Å². The Labute approximate surface area is 172 Å². The molecule has 0 atom stereocenters. The number of carbonyl (C=O) groups excluding carboxylic acids is 1. The van der Waals surface area contributed by atoms with Crippen molar-refractivity contribution in [2.75, 3.05) is 17.2 Å². The third kappa shape index (κ3) is 4.64. The average molecular weight is 408 g/mol. The van der Waals surface area contributed by atoms with E-state index in [1.807, 2.05) is 18.3 Å². The lowest BCUT2D eigenvalue weighted by atomic mass is 10.2. The van der Waals surface area contributed by atoms with E-state index in [-0.39, 0.29) is 0 Å². The van der Waals surface area contributed by atoms with Crippen LogP contribution in [0.25, 0.3) is 10.9 Å². The fourth-order valence-electron chi connectivity index (χ4n) is 2.95. The molecule has 0 aliphatic carbocycles. The SMILES string of the molecule is O=C(Nc1cnccn1)Nc1cc(Cl)ccc1OCCn1ccc2ccccc21. The Kier molecular flexibility index (Phi) is 5.58. The molecule has 4 aromatic rings. The van der Waals surface area contributed by atoms with Gasteiger partial charge in [0.25, 0.3) is 0 Å². The van der Waals surface area contributed by atoms with Crippen molar-refractivity contribution in [1.82, 2.24) is 14.5 Å². The van der Waals surface area contributed by atoms with Gasteiger partial charge in [0, 0.05) is 29.1 Å². The van der Waals surface area contributed by atoms with Crippen LogP contribution in [-0.2, 0) is 6.54 Å². The van der Waals surface area contributed by atoms with E-state index in [4.69, 9.17) is 16.3 Å². The van der Waals surface area contributed by atoms with Crippen LogP contribution in [0.15, 0.2) is 73.3 Å². The van der Waals surface area contributed by atoms with Crippen molar-refractivity contribution in [3.8, 4) is 5.75 Å². The number of ether oxygens (including phenoxy) is 1. The molecule has 2 amide bonds. The van der Waals surface area contributed by atoms with Crippen LogP contribution >= 0.6 is 11.6 Å². The summed E-state index contributed by atoms with van der Waals surface area (Å²) in [5.74, 6) is 0.870. The second kappa shape index (κ2) is 8.62. The molecule has 2 heterocycles. The molecule has 2 N–H and O–H groups in total. The molecule has 0 saturated heterocycles. The van der Waals surface area contributed by atoms with Crippen molar-refractivity contribution in [3.05, 3.63) is 78.3 Å². The van der Waals surface area contributed by atoms with E-state index < -0.39 is 6.03 Å². The molecule has 0 bridgehead atoms. The van der Waals surface area contributed by atoms with Crippen LogP contribution in [0, 0.1) is 0 Å². The quantitative estimate of drug-likeness (QED) is 0.480. The zero-order valence-electron chi connectivity index (χ0n) is 15.4. The van der Waals surface area contributed by atoms with Crippen molar-refractivity contribution in [2.24, 2.45) is 0 Å². The Balaban J connectivity index is 1.41. The lowest BCUT2D eigenvalue weighted by Gasteiger charge is -2.14. The maximum atomic E-state index is 12.3. The first kappa shape index (κ1) is 18.8. The number of hydrogen-bond donors (Lipinski definition) is 2. The Morgan fingerprint density at radius 2 is 2.00 bits per heavy atom. The highest BCUT2D eigenvalue weighted by molar-refractivity contribution is 6.31. The zero-order chi connectivity index (χ0) is 20.1. The number of para-hydroxylation sites is 1. The first-order chi connectivity index (χ1) is 14.2. The molecule has 0 fully saturated rings. The number of anilines is 2. The summed E-state index contributed by atoms with van der Waals surface area (Å²) in [6.07, 6.45) is 6.51. The van der Waals surface area contributed by atoms with E-state index in [1.165, 1.54) is 24.0 Å². The highest BCUT2D eigenvalue weighted by Crippen LogP contribution is 2.28. The second-order valence-electron chi connectivity index (χ2n) is 6.23. The number of benzene rings is 2. The number of nitrogens with zero attached hydrogens (tertiary/aromatic N) is 3. The fourth-order valence-corrected chi connectivity index (χ4v) is 3.12. The van der Waals surface area contributed by atoms with Gasteiger partial charge in [-0.15, -0.1) is 0 Å². The summed E-state index contributed by atoms with van der Waals surface area (Å²) in [4.78, 5) is 20.2. The van der Waals surface area contributed by atoms with Crippen molar-refractivity contribution >= 4 is 40.0 Å². The molecule has 8 heteroatoms. The molecule has 0 aliphatic heterocycles. The first-order valence-corrected chi connectivity index (χ1v) is 9.37. The fraction of sp³-hybridized carbons (Fsp3) is 0.0952. The summed E-state index contributed by atoms with van der Waals surface area (Å²) in [5, 5.41) is 7.02. The molecule has 0 spiro atoms. The predicted molar refractivity (Wildman–Crippen MR) is 114 cm³/mol. The van der Waals surface area contributed by atoms with Gasteiger partial charge in [-0.05, 0) is 35.7 Å². The molecule has 7 nitrogen and oxygen atoms in total. The van der Waals surface area contributed by atoms with Crippen LogP contribution < -0.4 is 15.4 Å². The van der Waals surface area contributed by atoms with Crippen LogP contribution in [0.5, 0.6) is 5.75 Å². The highest BCUT2D eigenvalue weighted by atomic mass is 35.5. The van der Waals surface area contributed by atoms with Gasteiger partial charge in [0.05, 0.1) is 18.4 Å². The standard InChI is InChI=1S/C21H18ClN5O2/c22-16-5-6-19(17(13-16)25-21(28)26-20-14-23-8-9-24-20)29-12-11-27-10-7-15-3-1-2-4-18(15)27/h1-10,13-14H,11-12H2,(H2,24,25,26,28). The normalized spacial score (nSPS) is 10.7. The average Bonchev–Trinajstić information content (AvgIpc) is 3.13.